The maximum atomic E-state index is 12.4. The van der Waals surface area contributed by atoms with E-state index in [9.17, 15) is 14.4 Å². The summed E-state index contributed by atoms with van der Waals surface area (Å²) in [6.45, 7) is 7.09. The highest BCUT2D eigenvalue weighted by Crippen LogP contribution is 2.41. The monoisotopic (exact) mass is 295 g/mol. The lowest BCUT2D eigenvalue weighted by molar-refractivity contribution is -0.145. The maximum Gasteiger partial charge on any atom is 0.415 e. The van der Waals surface area contributed by atoms with Gasteiger partial charge in [-0.1, -0.05) is 6.92 Å². The topological polar surface area (TPSA) is 72.9 Å². The van der Waals surface area contributed by atoms with Gasteiger partial charge in [0.2, 0.25) is 0 Å². The Hall–Kier alpha value is -1.85. The van der Waals surface area contributed by atoms with E-state index in [1.807, 2.05) is 6.92 Å². The Bertz CT molecular complexity index is 529. The van der Waals surface area contributed by atoms with Crippen molar-refractivity contribution in [1.29, 1.82) is 0 Å². The smallest absolute Gasteiger partial charge is 0.415 e. The number of methoxy groups -OCH3 is 1. The van der Waals surface area contributed by atoms with Crippen molar-refractivity contribution in [2.24, 2.45) is 5.92 Å². The Balaban J connectivity index is 2.31. The number of hydrogen-bond acceptors (Lipinski definition) is 5. The zero-order chi connectivity index (χ0) is 15.9. The molecule has 116 valence electrons. The molecule has 0 saturated heterocycles. The van der Waals surface area contributed by atoms with Gasteiger partial charge in [-0.15, -0.1) is 0 Å². The molecular weight excluding hydrogens is 274 g/mol. The fraction of sp³-hybridized carbons (Fsp3) is 0.667. The quantitative estimate of drug-likeness (QED) is 0.692. The van der Waals surface area contributed by atoms with E-state index in [1.54, 1.807) is 20.8 Å². The molecule has 0 spiro atoms. The predicted octanol–water partition coefficient (Wildman–Crippen LogP) is 2.03. The molecule has 0 saturated carbocycles. The molecule has 2 rings (SSSR count). The Morgan fingerprint density at radius 1 is 1.24 bits per heavy atom. The zero-order valence-electron chi connectivity index (χ0n) is 13.1. The molecule has 2 atom stereocenters. The first kappa shape index (κ1) is 15.5. The summed E-state index contributed by atoms with van der Waals surface area (Å²) < 4.78 is 10.1. The van der Waals surface area contributed by atoms with Crippen LogP contribution in [0, 0.1) is 5.92 Å². The zero-order valence-corrected chi connectivity index (χ0v) is 13.1. The van der Waals surface area contributed by atoms with E-state index in [-0.39, 0.29) is 18.1 Å². The summed E-state index contributed by atoms with van der Waals surface area (Å²) in [5.41, 5.74) is 0.496. The summed E-state index contributed by atoms with van der Waals surface area (Å²) in [7, 11) is 1.27. The molecule has 6 nitrogen and oxygen atoms in total. The lowest BCUT2D eigenvalue weighted by atomic mass is 10.0. The molecule has 0 N–H and O–H groups in total. The van der Waals surface area contributed by atoms with E-state index >= 15 is 0 Å². The van der Waals surface area contributed by atoms with Crippen molar-refractivity contribution < 1.29 is 23.9 Å². The summed E-state index contributed by atoms with van der Waals surface area (Å²) >= 11 is 0. The number of amides is 1. The second-order valence-corrected chi connectivity index (χ2v) is 6.49. The molecule has 2 unspecified atom stereocenters. The summed E-state index contributed by atoms with van der Waals surface area (Å²) in [4.78, 5) is 37.7. The largest absolute Gasteiger partial charge is 0.467 e. The van der Waals surface area contributed by atoms with Gasteiger partial charge < -0.3 is 9.47 Å². The van der Waals surface area contributed by atoms with E-state index in [0.29, 0.717) is 17.7 Å². The Labute approximate surface area is 124 Å². The van der Waals surface area contributed by atoms with Crippen LogP contribution in [0.25, 0.3) is 0 Å². The molecule has 0 fully saturated rings. The molecule has 0 aromatic rings. The molecule has 1 heterocycles. The van der Waals surface area contributed by atoms with Crippen LogP contribution >= 0.6 is 0 Å². The highest BCUT2D eigenvalue weighted by atomic mass is 16.6. The van der Waals surface area contributed by atoms with Crippen LogP contribution < -0.4 is 0 Å². The number of Topliss-reactive ketones (excluding diaryl/α,β-unsaturated/α-hetero) is 1. The Morgan fingerprint density at radius 2 is 1.86 bits per heavy atom. The first-order valence-corrected chi connectivity index (χ1v) is 7.02. The molecule has 0 bridgehead atoms. The second-order valence-electron chi connectivity index (χ2n) is 6.49. The molecule has 0 radical (unpaired) electrons. The van der Waals surface area contributed by atoms with Crippen LogP contribution in [0.5, 0.6) is 0 Å². The highest BCUT2D eigenvalue weighted by molar-refractivity contribution is 6.03. The van der Waals surface area contributed by atoms with Gasteiger partial charge >= 0.3 is 12.1 Å². The van der Waals surface area contributed by atoms with Crippen LogP contribution in [-0.4, -0.2) is 41.5 Å². The van der Waals surface area contributed by atoms with Crippen molar-refractivity contribution in [3.05, 3.63) is 11.3 Å². The van der Waals surface area contributed by atoms with Crippen LogP contribution in [-0.2, 0) is 19.1 Å². The third-order valence-electron chi connectivity index (χ3n) is 3.66. The molecule has 1 aliphatic carbocycles. The summed E-state index contributed by atoms with van der Waals surface area (Å²) in [5.74, 6) is -0.681. The second kappa shape index (κ2) is 5.16. The summed E-state index contributed by atoms with van der Waals surface area (Å²) in [6.07, 6.45) is 0.0653. The molecule has 0 aromatic heterocycles. The van der Waals surface area contributed by atoms with Gasteiger partial charge in [0.25, 0.3) is 0 Å². The van der Waals surface area contributed by atoms with Gasteiger partial charge in [0, 0.05) is 23.6 Å². The SMILES string of the molecule is COC(=O)C1CC2=C(CC(C)C2=O)N1C(=O)OC(C)(C)C. The molecule has 2 aliphatic rings. The summed E-state index contributed by atoms with van der Waals surface area (Å²) in [5, 5.41) is 0. The number of carbonyl (C=O) groups is 3. The van der Waals surface area contributed by atoms with Crippen molar-refractivity contribution in [1.82, 2.24) is 4.90 Å². The van der Waals surface area contributed by atoms with Crippen LogP contribution in [0.1, 0.15) is 40.5 Å². The summed E-state index contributed by atoms with van der Waals surface area (Å²) in [6, 6.07) is -0.800. The van der Waals surface area contributed by atoms with Crippen molar-refractivity contribution >= 4 is 17.8 Å². The Morgan fingerprint density at radius 3 is 2.38 bits per heavy atom. The number of likely N-dealkylation sites (tertiary alicyclic amines) is 1. The van der Waals surface area contributed by atoms with Crippen LogP contribution in [0.15, 0.2) is 11.3 Å². The van der Waals surface area contributed by atoms with Gasteiger partial charge in [-0.3, -0.25) is 9.69 Å². The number of nitrogens with zero attached hydrogens (tertiary/aromatic N) is 1. The minimum absolute atomic E-state index is 0.00459. The fourth-order valence-electron chi connectivity index (χ4n) is 2.75. The van der Waals surface area contributed by atoms with E-state index < -0.39 is 23.7 Å². The van der Waals surface area contributed by atoms with Gasteiger partial charge in [0.15, 0.2) is 5.78 Å². The molecule has 1 aliphatic heterocycles. The molecule has 0 aromatic carbocycles. The minimum Gasteiger partial charge on any atom is -0.467 e. The van der Waals surface area contributed by atoms with Gasteiger partial charge in [0.05, 0.1) is 7.11 Å². The molecule has 6 heteroatoms. The lowest BCUT2D eigenvalue weighted by Crippen LogP contribution is -2.44. The third kappa shape index (κ3) is 2.80. The number of hydrogen-bond donors (Lipinski definition) is 0. The van der Waals surface area contributed by atoms with E-state index in [2.05, 4.69) is 0 Å². The lowest BCUT2D eigenvalue weighted by Gasteiger charge is -2.29. The van der Waals surface area contributed by atoms with Crippen molar-refractivity contribution in [2.45, 2.75) is 52.2 Å². The molecule has 1 amide bonds. The molecule has 21 heavy (non-hydrogen) atoms. The number of ether oxygens (including phenoxy) is 2. The van der Waals surface area contributed by atoms with Gasteiger partial charge in [-0.25, -0.2) is 9.59 Å². The highest BCUT2D eigenvalue weighted by Gasteiger charge is 2.48. The number of carbonyl (C=O) groups excluding carboxylic acids is 3. The van der Waals surface area contributed by atoms with Crippen molar-refractivity contribution in [3.63, 3.8) is 0 Å². The normalized spacial score (nSPS) is 25.2. The van der Waals surface area contributed by atoms with Gasteiger partial charge in [-0.2, -0.15) is 0 Å². The number of rotatable bonds is 1. The van der Waals surface area contributed by atoms with Crippen LogP contribution in [0.4, 0.5) is 4.79 Å². The number of allylic oxidation sites excluding steroid dienone is 1. The van der Waals surface area contributed by atoms with Crippen LogP contribution in [0.2, 0.25) is 0 Å². The average Bonchev–Trinajstić information content (AvgIpc) is 2.85. The Kier molecular flexibility index (Phi) is 3.82. The first-order valence-electron chi connectivity index (χ1n) is 7.02. The first-order chi connectivity index (χ1) is 9.65. The van der Waals surface area contributed by atoms with Gasteiger partial charge in [-0.05, 0) is 27.2 Å². The van der Waals surface area contributed by atoms with Crippen molar-refractivity contribution in [3.8, 4) is 0 Å². The van der Waals surface area contributed by atoms with E-state index in [1.165, 1.54) is 12.0 Å². The standard InChI is InChI=1S/C15H21NO5/c1-8-6-10-9(12(8)17)7-11(13(18)20-5)16(10)14(19)21-15(2,3)4/h8,11H,6-7H2,1-5H3. The van der Waals surface area contributed by atoms with E-state index in [4.69, 9.17) is 9.47 Å². The van der Waals surface area contributed by atoms with E-state index in [0.717, 1.165) is 0 Å². The fourth-order valence-corrected chi connectivity index (χ4v) is 2.75. The average molecular weight is 295 g/mol. The minimum atomic E-state index is -0.800. The molecular formula is C15H21NO5. The van der Waals surface area contributed by atoms with Crippen molar-refractivity contribution in [2.75, 3.05) is 7.11 Å². The third-order valence-corrected chi connectivity index (χ3v) is 3.66. The maximum absolute atomic E-state index is 12.4. The van der Waals surface area contributed by atoms with Crippen LogP contribution in [0.3, 0.4) is 0 Å². The number of esters is 1. The predicted molar refractivity (Wildman–Crippen MR) is 74.3 cm³/mol. The number of ketones is 1. The van der Waals surface area contributed by atoms with Gasteiger partial charge in [0.1, 0.15) is 11.6 Å².